The molecule has 9 atom stereocenters. The molecule has 0 aliphatic heterocycles. The molecular formula is C34H58O. The van der Waals surface area contributed by atoms with Crippen LogP contribution in [0.25, 0.3) is 0 Å². The number of fused-ring (bicyclic) bond motifs is 5. The Morgan fingerprint density at radius 2 is 1.66 bits per heavy atom. The van der Waals surface area contributed by atoms with Crippen molar-refractivity contribution in [3.8, 4) is 0 Å². The molecule has 0 aromatic carbocycles. The molecule has 3 saturated carbocycles. The molecule has 0 amide bonds. The van der Waals surface area contributed by atoms with Gasteiger partial charge in [-0.1, -0.05) is 81.7 Å². The zero-order valence-electron chi connectivity index (χ0n) is 25.3. The van der Waals surface area contributed by atoms with E-state index >= 15 is 0 Å². The second-order valence-corrected chi connectivity index (χ2v) is 16.3. The van der Waals surface area contributed by atoms with Crippen LogP contribution in [0.2, 0.25) is 0 Å². The second-order valence-electron chi connectivity index (χ2n) is 16.3. The third-order valence-electron chi connectivity index (χ3n) is 13.4. The summed E-state index contributed by atoms with van der Waals surface area (Å²) in [6.45, 7) is 27.3. The van der Waals surface area contributed by atoms with Crippen LogP contribution in [0.1, 0.15) is 134 Å². The quantitative estimate of drug-likeness (QED) is 0.381. The Morgan fingerprint density at radius 3 is 2.26 bits per heavy atom. The van der Waals surface area contributed by atoms with E-state index in [1.807, 2.05) is 0 Å². The van der Waals surface area contributed by atoms with Gasteiger partial charge in [0.1, 0.15) is 0 Å². The molecule has 0 aromatic heterocycles. The van der Waals surface area contributed by atoms with Crippen LogP contribution in [-0.2, 0) is 4.79 Å². The fourth-order valence-corrected chi connectivity index (χ4v) is 10.2. The van der Waals surface area contributed by atoms with Crippen LogP contribution < -0.4 is 0 Å². The van der Waals surface area contributed by atoms with Gasteiger partial charge in [-0.15, -0.1) is 0 Å². The first-order valence-corrected chi connectivity index (χ1v) is 15.3. The van der Waals surface area contributed by atoms with Crippen molar-refractivity contribution in [2.45, 2.75) is 134 Å². The van der Waals surface area contributed by atoms with Crippen LogP contribution in [0, 0.1) is 62.6 Å². The maximum Gasteiger partial charge on any atom is 0.159 e. The van der Waals surface area contributed by atoms with Crippen LogP contribution >= 0.6 is 0 Å². The molecule has 1 nitrogen and oxygen atoms in total. The van der Waals surface area contributed by atoms with Crippen molar-refractivity contribution in [3.05, 3.63) is 11.6 Å². The van der Waals surface area contributed by atoms with Gasteiger partial charge in [0.15, 0.2) is 5.78 Å². The molecule has 4 aliphatic carbocycles. The Labute approximate surface area is 218 Å². The number of hydrogen-bond acceptors (Lipinski definition) is 1. The summed E-state index contributed by atoms with van der Waals surface area (Å²) < 4.78 is 0. The molecule has 35 heavy (non-hydrogen) atoms. The predicted molar refractivity (Wildman–Crippen MR) is 150 cm³/mol. The van der Waals surface area contributed by atoms with Crippen molar-refractivity contribution in [1.29, 1.82) is 0 Å². The molecule has 200 valence electrons. The topological polar surface area (TPSA) is 17.1 Å². The van der Waals surface area contributed by atoms with Gasteiger partial charge in [0, 0.05) is 5.92 Å². The fraction of sp³-hybridized carbons (Fsp3) is 0.912. The Bertz CT molecular complexity index is 856. The number of allylic oxidation sites excluding steroid dienone is 2. The highest BCUT2D eigenvalue weighted by Gasteiger charge is 2.67. The summed E-state index contributed by atoms with van der Waals surface area (Å²) in [4.78, 5) is 13.8. The molecule has 4 rings (SSSR count). The Kier molecular flexibility index (Phi) is 6.84. The highest BCUT2D eigenvalue weighted by Crippen LogP contribution is 2.74. The first kappa shape index (κ1) is 27.4. The third kappa shape index (κ3) is 4.03. The number of ketones is 1. The molecule has 0 spiro atoms. The average Bonchev–Trinajstić information content (AvgIpc) is 3.05. The van der Waals surface area contributed by atoms with E-state index in [4.69, 9.17) is 0 Å². The summed E-state index contributed by atoms with van der Waals surface area (Å²) in [5.74, 6) is 4.25. The fourth-order valence-electron chi connectivity index (χ4n) is 10.2. The number of carbonyl (C=O) groups excluding carboxylic acids is 1. The Balaban J connectivity index is 1.69. The Hall–Kier alpha value is -0.590. The molecule has 1 unspecified atom stereocenters. The minimum atomic E-state index is 0.177. The monoisotopic (exact) mass is 482 g/mol. The van der Waals surface area contributed by atoms with Gasteiger partial charge in [-0.3, -0.25) is 4.79 Å². The van der Waals surface area contributed by atoms with Gasteiger partial charge in [0.2, 0.25) is 0 Å². The third-order valence-corrected chi connectivity index (χ3v) is 13.4. The average molecular weight is 483 g/mol. The summed E-state index contributed by atoms with van der Waals surface area (Å²) in [6, 6.07) is 0. The highest BCUT2D eigenvalue weighted by molar-refractivity contribution is 5.94. The van der Waals surface area contributed by atoms with Crippen LogP contribution in [0.4, 0.5) is 0 Å². The molecule has 3 fully saturated rings. The van der Waals surface area contributed by atoms with Crippen LogP contribution in [-0.4, -0.2) is 5.78 Å². The van der Waals surface area contributed by atoms with Gasteiger partial charge in [0.05, 0.1) is 0 Å². The first-order chi connectivity index (χ1) is 16.0. The summed E-state index contributed by atoms with van der Waals surface area (Å²) in [5, 5.41) is 0. The van der Waals surface area contributed by atoms with E-state index in [0.29, 0.717) is 33.9 Å². The molecule has 0 radical (unpaired) electrons. The maximum atomic E-state index is 13.8. The molecule has 0 saturated heterocycles. The Morgan fingerprint density at radius 1 is 1.00 bits per heavy atom. The van der Waals surface area contributed by atoms with Crippen LogP contribution in [0.3, 0.4) is 0 Å². The van der Waals surface area contributed by atoms with E-state index in [1.54, 1.807) is 5.57 Å². The van der Waals surface area contributed by atoms with Gasteiger partial charge >= 0.3 is 0 Å². The standard InChI is InChI=1S/C34H58O/c1-12-34-21-23(3)22(2)19-27(34)28(35)20-26-25(34)14-17-33(11)29(15-18-32(26,33)10)31(8,9)24(4)13-16-30(5,6)7/h20,22-25,27,29H,12-19,21H2,1-11H3/t22-,23+,24-,25?,27+,29-,32+,33-,34-/m1/s1. The molecule has 4 aliphatic rings. The van der Waals surface area contributed by atoms with E-state index in [1.165, 1.54) is 51.4 Å². The van der Waals surface area contributed by atoms with E-state index in [0.717, 1.165) is 24.2 Å². The van der Waals surface area contributed by atoms with Gasteiger partial charge in [0.25, 0.3) is 0 Å². The van der Waals surface area contributed by atoms with E-state index in [2.05, 4.69) is 82.2 Å². The maximum absolute atomic E-state index is 13.8. The van der Waals surface area contributed by atoms with Gasteiger partial charge in [-0.25, -0.2) is 0 Å². The molecule has 1 heteroatoms. The summed E-state index contributed by atoms with van der Waals surface area (Å²) in [7, 11) is 0. The lowest BCUT2D eigenvalue weighted by atomic mass is 9.41. The van der Waals surface area contributed by atoms with Crippen molar-refractivity contribution in [2.75, 3.05) is 0 Å². The smallest absolute Gasteiger partial charge is 0.159 e. The van der Waals surface area contributed by atoms with Gasteiger partial charge in [-0.05, 0) is 121 Å². The molecule has 0 aromatic rings. The van der Waals surface area contributed by atoms with E-state index in [9.17, 15) is 4.79 Å². The first-order valence-electron chi connectivity index (χ1n) is 15.3. The minimum Gasteiger partial charge on any atom is -0.295 e. The van der Waals surface area contributed by atoms with Crippen molar-refractivity contribution < 1.29 is 4.79 Å². The molecule has 0 bridgehead atoms. The van der Waals surface area contributed by atoms with Crippen molar-refractivity contribution >= 4 is 5.78 Å². The number of carbonyl (C=O) groups is 1. The minimum absolute atomic E-state index is 0.177. The van der Waals surface area contributed by atoms with Crippen molar-refractivity contribution in [3.63, 3.8) is 0 Å². The molecule has 0 heterocycles. The van der Waals surface area contributed by atoms with Crippen molar-refractivity contribution in [1.82, 2.24) is 0 Å². The zero-order chi connectivity index (χ0) is 26.2. The molecular weight excluding hydrogens is 424 g/mol. The van der Waals surface area contributed by atoms with Crippen LogP contribution in [0.15, 0.2) is 11.6 Å². The number of rotatable bonds is 5. The zero-order valence-corrected chi connectivity index (χ0v) is 25.3. The van der Waals surface area contributed by atoms with Crippen molar-refractivity contribution in [2.24, 2.45) is 62.6 Å². The SMILES string of the molecule is CC[C@]12C[C@H](C)[C@H](C)C[C@H]1C(=O)C=C1C2CC[C@]2(C)[C@@H](C(C)(C)[C@H](C)CCC(C)(C)C)CC[C@@]12C. The van der Waals surface area contributed by atoms with Crippen LogP contribution in [0.5, 0.6) is 0 Å². The lowest BCUT2D eigenvalue weighted by molar-refractivity contribution is -0.137. The lowest BCUT2D eigenvalue weighted by Gasteiger charge is -2.63. The second kappa shape index (κ2) is 8.73. The van der Waals surface area contributed by atoms with Gasteiger partial charge in [-0.2, -0.15) is 0 Å². The normalized spacial score (nSPS) is 44.8. The largest absolute Gasteiger partial charge is 0.295 e. The highest BCUT2D eigenvalue weighted by atomic mass is 16.1. The summed E-state index contributed by atoms with van der Waals surface area (Å²) >= 11 is 0. The number of hydrogen-bond donors (Lipinski definition) is 0. The summed E-state index contributed by atoms with van der Waals surface area (Å²) in [6.07, 6.45) is 13.7. The summed E-state index contributed by atoms with van der Waals surface area (Å²) in [5.41, 5.74) is 3.01. The lowest BCUT2D eigenvalue weighted by Crippen LogP contribution is -2.57. The van der Waals surface area contributed by atoms with E-state index in [-0.39, 0.29) is 16.7 Å². The predicted octanol–water partition coefficient (Wildman–Crippen LogP) is 9.90. The molecule has 0 N–H and O–H groups in total. The van der Waals surface area contributed by atoms with Gasteiger partial charge < -0.3 is 0 Å². The van der Waals surface area contributed by atoms with E-state index < -0.39 is 0 Å².